The van der Waals surface area contributed by atoms with Gasteiger partial charge in [0.25, 0.3) is 0 Å². The summed E-state index contributed by atoms with van der Waals surface area (Å²) in [6.07, 6.45) is 9.82. The van der Waals surface area contributed by atoms with E-state index in [4.69, 9.17) is 4.74 Å². The molecule has 2 heterocycles. The summed E-state index contributed by atoms with van der Waals surface area (Å²) < 4.78 is 5.45. The zero-order valence-electron chi connectivity index (χ0n) is 17.7. The van der Waals surface area contributed by atoms with Crippen molar-refractivity contribution in [2.45, 2.75) is 89.5 Å². The number of methoxy groups -OCH3 is 1. The van der Waals surface area contributed by atoms with Gasteiger partial charge in [0.1, 0.15) is 5.60 Å². The molecule has 1 aromatic rings. The summed E-state index contributed by atoms with van der Waals surface area (Å²) in [7, 11) is 1.73. The zero-order chi connectivity index (χ0) is 19.9. The fourth-order valence-corrected chi connectivity index (χ4v) is 3.71. The number of pyridine rings is 1. The van der Waals surface area contributed by atoms with Crippen molar-refractivity contribution in [3.05, 3.63) is 30.1 Å². The number of likely N-dealkylation sites (tertiary alicyclic amines) is 1. The van der Waals surface area contributed by atoms with Crippen molar-refractivity contribution < 1.29 is 9.84 Å². The van der Waals surface area contributed by atoms with Gasteiger partial charge in [-0.1, -0.05) is 24.3 Å². The number of ether oxygens (including phenoxy) is 1. The average molecular weight is 373 g/mol. The quantitative estimate of drug-likeness (QED) is 0.723. The van der Waals surface area contributed by atoms with E-state index in [9.17, 15) is 5.11 Å². The Labute approximate surface area is 165 Å². The zero-order valence-corrected chi connectivity index (χ0v) is 17.7. The van der Waals surface area contributed by atoms with Crippen LogP contribution in [0, 0.1) is 11.8 Å². The molecule has 0 saturated carbocycles. The predicted molar refractivity (Wildman–Crippen MR) is 110 cm³/mol. The van der Waals surface area contributed by atoms with E-state index >= 15 is 0 Å². The van der Waals surface area contributed by atoms with Crippen LogP contribution in [0.15, 0.2) is 24.5 Å². The largest absolute Gasteiger partial charge is 0.379 e. The number of piperidine rings is 1. The number of nitrogens with zero attached hydrogens (tertiary/aromatic N) is 2. The summed E-state index contributed by atoms with van der Waals surface area (Å²) in [6.45, 7) is 9.15. The normalized spacial score (nSPS) is 21.8. The number of hydrogen-bond donors (Lipinski definition) is 1. The first-order chi connectivity index (χ1) is 12.7. The van der Waals surface area contributed by atoms with Gasteiger partial charge >= 0.3 is 0 Å². The highest BCUT2D eigenvalue weighted by Gasteiger charge is 2.27. The molecule has 27 heavy (non-hydrogen) atoms. The Morgan fingerprint density at radius 3 is 2.78 bits per heavy atom. The van der Waals surface area contributed by atoms with Crippen molar-refractivity contribution >= 4 is 0 Å². The Balaban J connectivity index is 1.99. The van der Waals surface area contributed by atoms with Gasteiger partial charge in [-0.3, -0.25) is 9.88 Å². The van der Waals surface area contributed by atoms with Crippen LogP contribution in [0.4, 0.5) is 0 Å². The van der Waals surface area contributed by atoms with E-state index < -0.39 is 5.60 Å². The van der Waals surface area contributed by atoms with Crippen LogP contribution in [0.2, 0.25) is 0 Å². The van der Waals surface area contributed by atoms with Crippen LogP contribution in [-0.4, -0.2) is 45.9 Å². The lowest BCUT2D eigenvalue weighted by molar-refractivity contribution is 0.00830. The molecule has 0 bridgehead atoms. The first-order valence-corrected chi connectivity index (χ1v) is 10.2. The third-order valence-electron chi connectivity index (χ3n) is 5.66. The number of rotatable bonds is 7. The molecule has 0 aromatic carbocycles. The molecule has 1 aliphatic rings. The van der Waals surface area contributed by atoms with Crippen molar-refractivity contribution in [1.29, 1.82) is 0 Å². The second kappa shape index (κ2) is 9.68. The van der Waals surface area contributed by atoms with Crippen molar-refractivity contribution in [3.8, 4) is 11.8 Å². The van der Waals surface area contributed by atoms with Crippen molar-refractivity contribution in [2.75, 3.05) is 13.7 Å². The molecule has 0 unspecified atom stereocenters. The van der Waals surface area contributed by atoms with E-state index in [1.807, 2.05) is 25.4 Å². The summed E-state index contributed by atoms with van der Waals surface area (Å²) in [5, 5.41) is 10.7. The van der Waals surface area contributed by atoms with E-state index in [1.54, 1.807) is 7.11 Å². The van der Waals surface area contributed by atoms with Crippen molar-refractivity contribution in [3.63, 3.8) is 0 Å². The lowest BCUT2D eigenvalue weighted by Gasteiger charge is -2.38. The third kappa shape index (κ3) is 6.92. The molecule has 3 atom stereocenters. The van der Waals surface area contributed by atoms with Crippen LogP contribution in [0.1, 0.15) is 77.8 Å². The Hall–Kier alpha value is -1.41. The second-order valence-corrected chi connectivity index (χ2v) is 8.57. The predicted octanol–water partition coefficient (Wildman–Crippen LogP) is 4.35. The summed E-state index contributed by atoms with van der Waals surface area (Å²) >= 11 is 0. The molecule has 1 aliphatic heterocycles. The van der Waals surface area contributed by atoms with E-state index in [-0.39, 0.29) is 11.6 Å². The molecule has 2 rings (SSSR count). The van der Waals surface area contributed by atoms with Crippen LogP contribution < -0.4 is 0 Å². The minimum Gasteiger partial charge on any atom is -0.379 e. The van der Waals surface area contributed by atoms with E-state index in [1.165, 1.54) is 18.4 Å². The maximum atomic E-state index is 10.7. The third-order valence-corrected chi connectivity index (χ3v) is 5.66. The highest BCUT2D eigenvalue weighted by Crippen LogP contribution is 2.32. The van der Waals surface area contributed by atoms with Gasteiger partial charge < -0.3 is 9.84 Å². The monoisotopic (exact) mass is 372 g/mol. The molecular weight excluding hydrogens is 336 g/mol. The summed E-state index contributed by atoms with van der Waals surface area (Å²) in [6, 6.07) is 4.64. The molecule has 4 nitrogen and oxygen atoms in total. The topological polar surface area (TPSA) is 45.6 Å². The maximum Gasteiger partial charge on any atom is 0.122 e. The fourth-order valence-electron chi connectivity index (χ4n) is 3.71. The standard InChI is InChI=1S/C23H36N2O2/c1-19(12-15-23(4,26)14-9-13-22(2,3)27-5)25-17-7-6-11-21(25)20-10-8-16-24-18-20/h8,10,16,18-19,21,26H,6-7,9,11,13-14,17H2,1-5H3/t19-,21-,23-/m0/s1. The lowest BCUT2D eigenvalue weighted by atomic mass is 9.93. The first kappa shape index (κ1) is 21.9. The van der Waals surface area contributed by atoms with Gasteiger partial charge in [-0.05, 0) is 78.0 Å². The van der Waals surface area contributed by atoms with E-state index in [0.717, 1.165) is 25.8 Å². The van der Waals surface area contributed by atoms with Gasteiger partial charge in [0.2, 0.25) is 0 Å². The van der Waals surface area contributed by atoms with Crippen LogP contribution in [0.5, 0.6) is 0 Å². The highest BCUT2D eigenvalue weighted by atomic mass is 16.5. The smallest absolute Gasteiger partial charge is 0.122 e. The Kier molecular flexibility index (Phi) is 7.85. The molecule has 4 heteroatoms. The van der Waals surface area contributed by atoms with Gasteiger partial charge in [0.05, 0.1) is 11.6 Å². The van der Waals surface area contributed by atoms with Gasteiger partial charge in [-0.25, -0.2) is 0 Å². The molecule has 1 N–H and O–H groups in total. The highest BCUT2D eigenvalue weighted by molar-refractivity contribution is 5.20. The van der Waals surface area contributed by atoms with Crippen LogP contribution in [0.25, 0.3) is 0 Å². The van der Waals surface area contributed by atoms with Crippen molar-refractivity contribution in [1.82, 2.24) is 9.88 Å². The molecule has 150 valence electrons. The lowest BCUT2D eigenvalue weighted by Crippen LogP contribution is -2.39. The van der Waals surface area contributed by atoms with Gasteiger partial charge in [0, 0.05) is 25.5 Å². The molecule has 0 amide bonds. The van der Waals surface area contributed by atoms with E-state index in [0.29, 0.717) is 12.5 Å². The fraction of sp³-hybridized carbons (Fsp3) is 0.696. The van der Waals surface area contributed by atoms with Crippen LogP contribution in [-0.2, 0) is 4.74 Å². The Morgan fingerprint density at radius 2 is 2.11 bits per heavy atom. The Morgan fingerprint density at radius 1 is 1.33 bits per heavy atom. The summed E-state index contributed by atoms with van der Waals surface area (Å²) in [5.74, 6) is 6.47. The molecule has 0 radical (unpaired) electrons. The SMILES string of the molecule is COC(C)(C)CCC[C@](C)(O)C#C[C@H](C)N1CCCC[C@H]1c1cccnc1. The number of aliphatic hydroxyl groups is 1. The minimum absolute atomic E-state index is 0.109. The van der Waals surface area contributed by atoms with Gasteiger partial charge in [-0.15, -0.1) is 0 Å². The number of hydrogen-bond acceptors (Lipinski definition) is 4. The molecule has 1 fully saturated rings. The van der Waals surface area contributed by atoms with Crippen LogP contribution in [0.3, 0.4) is 0 Å². The van der Waals surface area contributed by atoms with Crippen molar-refractivity contribution in [2.24, 2.45) is 0 Å². The minimum atomic E-state index is -0.961. The molecule has 0 aliphatic carbocycles. The Bertz CT molecular complexity index is 631. The summed E-state index contributed by atoms with van der Waals surface area (Å²) in [4.78, 5) is 6.74. The molecule has 0 spiro atoms. The molecule has 1 aromatic heterocycles. The first-order valence-electron chi connectivity index (χ1n) is 10.2. The summed E-state index contributed by atoms with van der Waals surface area (Å²) in [5.41, 5.74) is 0.151. The van der Waals surface area contributed by atoms with Gasteiger partial charge in [-0.2, -0.15) is 0 Å². The van der Waals surface area contributed by atoms with E-state index in [2.05, 4.69) is 48.6 Å². The average Bonchev–Trinajstić information content (AvgIpc) is 2.66. The molecule has 1 saturated heterocycles. The van der Waals surface area contributed by atoms with Crippen LogP contribution >= 0.6 is 0 Å². The molecular formula is C23H36N2O2. The second-order valence-electron chi connectivity index (χ2n) is 8.57. The number of aromatic nitrogens is 1. The maximum absolute atomic E-state index is 10.7. The van der Waals surface area contributed by atoms with Gasteiger partial charge in [0.15, 0.2) is 0 Å².